The van der Waals surface area contributed by atoms with Gasteiger partial charge in [0.15, 0.2) is 5.76 Å². The number of hydrogen-bond donors (Lipinski definition) is 2. The van der Waals surface area contributed by atoms with Crippen molar-refractivity contribution in [3.05, 3.63) is 35.3 Å². The summed E-state index contributed by atoms with van der Waals surface area (Å²) in [5.41, 5.74) is 1.87. The van der Waals surface area contributed by atoms with Crippen molar-refractivity contribution in [3.8, 4) is 0 Å². The van der Waals surface area contributed by atoms with Crippen LogP contribution in [0, 0.1) is 28.6 Å². The van der Waals surface area contributed by atoms with Crippen molar-refractivity contribution >= 4 is 11.6 Å². The Morgan fingerprint density at radius 3 is 2.63 bits per heavy atom. The Labute approximate surface area is 181 Å². The summed E-state index contributed by atoms with van der Waals surface area (Å²) in [6.45, 7) is 16.2. The van der Waals surface area contributed by atoms with Crippen LogP contribution in [-0.4, -0.2) is 23.2 Å². The molecule has 0 spiro atoms. The number of aliphatic hydroxyl groups is 1. The van der Waals surface area contributed by atoms with Crippen LogP contribution in [0.25, 0.3) is 0 Å². The van der Waals surface area contributed by atoms with Crippen molar-refractivity contribution < 1.29 is 14.7 Å². The Hall–Kier alpha value is -1.84. The molecule has 4 nitrogen and oxygen atoms in total. The number of allylic oxidation sites excluding steroid dienone is 3. The third-order valence-electron chi connectivity index (χ3n) is 8.47. The maximum atomic E-state index is 13.3. The molecule has 0 aromatic rings. The molecular weight excluding hydrogens is 374 g/mol. The van der Waals surface area contributed by atoms with Crippen LogP contribution in [0.4, 0.5) is 0 Å². The van der Waals surface area contributed by atoms with Gasteiger partial charge < -0.3 is 10.4 Å². The van der Waals surface area contributed by atoms with Crippen molar-refractivity contribution in [1.29, 1.82) is 0 Å². The number of hydrogen-bond acceptors (Lipinski definition) is 4. The van der Waals surface area contributed by atoms with Gasteiger partial charge in [0.05, 0.1) is 5.70 Å². The molecule has 0 bridgehead atoms. The fraction of sp³-hybridized carbons (Fsp3) is 0.692. The van der Waals surface area contributed by atoms with Gasteiger partial charge in [0, 0.05) is 18.2 Å². The van der Waals surface area contributed by atoms with Crippen LogP contribution in [0.5, 0.6) is 0 Å². The van der Waals surface area contributed by atoms with Gasteiger partial charge >= 0.3 is 0 Å². The third-order valence-corrected chi connectivity index (χ3v) is 8.47. The van der Waals surface area contributed by atoms with Crippen LogP contribution < -0.4 is 5.32 Å². The zero-order valence-electron chi connectivity index (χ0n) is 19.4. The molecule has 3 rings (SSSR count). The highest BCUT2D eigenvalue weighted by molar-refractivity contribution is 6.21. The van der Waals surface area contributed by atoms with Gasteiger partial charge in [-0.05, 0) is 73.5 Å². The largest absolute Gasteiger partial charge is 0.504 e. The van der Waals surface area contributed by atoms with Crippen molar-refractivity contribution in [2.24, 2.45) is 28.6 Å². The number of Topliss-reactive ketones (excluding diaryl/α,β-unsaturated/α-hetero) is 1. The van der Waals surface area contributed by atoms with Crippen LogP contribution in [0.3, 0.4) is 0 Å². The third kappa shape index (κ3) is 3.90. The molecule has 4 heteroatoms. The lowest BCUT2D eigenvalue weighted by atomic mass is 9.46. The van der Waals surface area contributed by atoms with E-state index >= 15 is 0 Å². The maximum absolute atomic E-state index is 13.3. The fourth-order valence-electron chi connectivity index (χ4n) is 6.12. The van der Waals surface area contributed by atoms with Gasteiger partial charge in [-0.15, -0.1) is 0 Å². The Morgan fingerprint density at radius 1 is 1.27 bits per heavy atom. The molecule has 4 atom stereocenters. The normalized spacial score (nSPS) is 34.9. The number of ketones is 2. The molecule has 0 aromatic heterocycles. The second-order valence-corrected chi connectivity index (χ2v) is 10.8. The standard InChI is InChI=1S/C26H39NO3/c1-16(2)11-13-27-20-14-21(28)24(30)19(23(20)29)15-26(6)18(4)10-12-25(5)17(3)8-7-9-22(25)26/h14,16,18,22,27,30H,3,7-13,15H2,1-2,4-6H3. The molecule has 0 aliphatic heterocycles. The monoisotopic (exact) mass is 413 g/mol. The van der Waals surface area contributed by atoms with Crippen molar-refractivity contribution in [1.82, 2.24) is 5.32 Å². The molecule has 3 aliphatic carbocycles. The highest BCUT2D eigenvalue weighted by atomic mass is 16.3. The highest BCUT2D eigenvalue weighted by Crippen LogP contribution is 2.63. The molecule has 30 heavy (non-hydrogen) atoms. The lowest BCUT2D eigenvalue weighted by Crippen LogP contribution is -2.51. The number of nitrogens with one attached hydrogen (secondary N) is 1. The molecule has 0 aromatic carbocycles. The minimum atomic E-state index is -0.459. The van der Waals surface area contributed by atoms with Crippen LogP contribution in [0.15, 0.2) is 35.3 Å². The first kappa shape index (κ1) is 22.8. The Balaban J connectivity index is 1.88. The number of aliphatic hydroxyl groups excluding tert-OH is 1. The second kappa shape index (κ2) is 8.36. The highest BCUT2D eigenvalue weighted by Gasteiger charge is 2.54. The molecule has 166 valence electrons. The topological polar surface area (TPSA) is 66.4 Å². The number of carbonyl (C=O) groups is 2. The summed E-state index contributed by atoms with van der Waals surface area (Å²) in [5.74, 6) is 0.292. The minimum absolute atomic E-state index is 0.0750. The summed E-state index contributed by atoms with van der Waals surface area (Å²) in [5, 5.41) is 13.7. The first-order valence-corrected chi connectivity index (χ1v) is 11.7. The van der Waals surface area contributed by atoms with Crippen LogP contribution in [0.2, 0.25) is 0 Å². The predicted molar refractivity (Wildman–Crippen MR) is 121 cm³/mol. The van der Waals surface area contributed by atoms with Gasteiger partial charge in [0.1, 0.15) is 0 Å². The number of rotatable bonds is 6. The molecular formula is C26H39NO3. The smallest absolute Gasteiger partial charge is 0.222 e. The molecule has 2 N–H and O–H groups in total. The van der Waals surface area contributed by atoms with E-state index in [0.29, 0.717) is 42.0 Å². The Kier molecular flexibility index (Phi) is 6.36. The van der Waals surface area contributed by atoms with Gasteiger partial charge in [0.2, 0.25) is 11.6 Å². The molecule has 3 aliphatic rings. The second-order valence-electron chi connectivity index (χ2n) is 10.8. The quantitative estimate of drug-likeness (QED) is 0.436. The molecule has 2 saturated carbocycles. The molecule has 0 radical (unpaired) electrons. The van der Waals surface area contributed by atoms with Gasteiger partial charge in [-0.2, -0.15) is 0 Å². The van der Waals surface area contributed by atoms with Crippen LogP contribution >= 0.6 is 0 Å². The first-order valence-electron chi connectivity index (χ1n) is 11.7. The van der Waals surface area contributed by atoms with Gasteiger partial charge in [-0.1, -0.05) is 46.8 Å². The van der Waals surface area contributed by atoms with E-state index in [-0.39, 0.29) is 22.4 Å². The van der Waals surface area contributed by atoms with Crippen LogP contribution in [-0.2, 0) is 9.59 Å². The molecule has 2 fully saturated rings. The van der Waals surface area contributed by atoms with E-state index in [0.717, 1.165) is 38.5 Å². The summed E-state index contributed by atoms with van der Waals surface area (Å²) in [6.07, 6.45) is 8.16. The van der Waals surface area contributed by atoms with Gasteiger partial charge in [-0.3, -0.25) is 9.59 Å². The SMILES string of the molecule is C=C1CCCC2C1(C)CCC(C)C2(C)CC1=C(O)C(=O)C=C(NCCC(C)C)C1=O. The van der Waals surface area contributed by atoms with E-state index in [2.05, 4.69) is 46.5 Å². The number of carbonyl (C=O) groups excluding carboxylic acids is 2. The fourth-order valence-corrected chi connectivity index (χ4v) is 6.12. The zero-order valence-corrected chi connectivity index (χ0v) is 19.4. The zero-order chi connectivity index (χ0) is 22.3. The van der Waals surface area contributed by atoms with E-state index in [9.17, 15) is 14.7 Å². The molecule has 0 heterocycles. The Bertz CT molecular complexity index is 805. The number of fused-ring (bicyclic) bond motifs is 1. The van der Waals surface area contributed by atoms with E-state index in [1.807, 2.05) is 0 Å². The van der Waals surface area contributed by atoms with Gasteiger partial charge in [0.25, 0.3) is 0 Å². The summed E-state index contributed by atoms with van der Waals surface area (Å²) in [7, 11) is 0. The average Bonchev–Trinajstić information content (AvgIpc) is 2.68. The average molecular weight is 414 g/mol. The van der Waals surface area contributed by atoms with E-state index in [1.54, 1.807) is 0 Å². The Morgan fingerprint density at radius 2 is 1.97 bits per heavy atom. The van der Waals surface area contributed by atoms with E-state index in [4.69, 9.17) is 0 Å². The molecule has 4 unspecified atom stereocenters. The van der Waals surface area contributed by atoms with Crippen molar-refractivity contribution in [2.45, 2.75) is 79.6 Å². The van der Waals surface area contributed by atoms with Crippen molar-refractivity contribution in [2.75, 3.05) is 6.54 Å². The van der Waals surface area contributed by atoms with Crippen molar-refractivity contribution in [3.63, 3.8) is 0 Å². The summed E-state index contributed by atoms with van der Waals surface area (Å²) in [6, 6.07) is 0. The van der Waals surface area contributed by atoms with Gasteiger partial charge in [-0.25, -0.2) is 0 Å². The summed E-state index contributed by atoms with van der Waals surface area (Å²) >= 11 is 0. The summed E-state index contributed by atoms with van der Waals surface area (Å²) in [4.78, 5) is 25.8. The van der Waals surface area contributed by atoms with Crippen LogP contribution in [0.1, 0.15) is 79.6 Å². The first-order chi connectivity index (χ1) is 14.0. The predicted octanol–water partition coefficient (Wildman–Crippen LogP) is 5.66. The lowest BCUT2D eigenvalue weighted by molar-refractivity contribution is -0.118. The molecule has 0 amide bonds. The maximum Gasteiger partial charge on any atom is 0.222 e. The van der Waals surface area contributed by atoms with E-state index < -0.39 is 5.78 Å². The van der Waals surface area contributed by atoms with E-state index in [1.165, 1.54) is 11.6 Å². The minimum Gasteiger partial charge on any atom is -0.504 e. The summed E-state index contributed by atoms with van der Waals surface area (Å²) < 4.78 is 0. The molecule has 0 saturated heterocycles. The lowest BCUT2D eigenvalue weighted by Gasteiger charge is -2.59.